The van der Waals surface area contributed by atoms with Gasteiger partial charge in [-0.3, -0.25) is 9.52 Å². The summed E-state index contributed by atoms with van der Waals surface area (Å²) in [6, 6.07) is 17.5. The fourth-order valence-electron chi connectivity index (χ4n) is 3.88. The SMILES string of the molecule is O=C(Nc1ccc(S(=O)(=O)Nc2ccccn2)cc1)C1CCN(S(=O)(=O)Cc2ccccc2Cl)CC1. The lowest BCUT2D eigenvalue weighted by Crippen LogP contribution is -2.41. The van der Waals surface area contributed by atoms with E-state index in [0.717, 1.165) is 0 Å². The van der Waals surface area contributed by atoms with E-state index in [1.165, 1.54) is 34.8 Å². The van der Waals surface area contributed by atoms with Crippen molar-refractivity contribution in [2.24, 2.45) is 5.92 Å². The molecule has 1 amide bonds. The molecule has 12 heteroatoms. The van der Waals surface area contributed by atoms with Crippen LogP contribution in [-0.2, 0) is 30.6 Å². The van der Waals surface area contributed by atoms with Gasteiger partial charge in [-0.15, -0.1) is 0 Å². The molecular formula is C24H25ClN4O5S2. The van der Waals surface area contributed by atoms with Gasteiger partial charge >= 0.3 is 0 Å². The van der Waals surface area contributed by atoms with E-state index >= 15 is 0 Å². The largest absolute Gasteiger partial charge is 0.326 e. The van der Waals surface area contributed by atoms with Crippen LogP contribution in [0.25, 0.3) is 0 Å². The molecule has 1 aromatic heterocycles. The molecule has 0 saturated carbocycles. The average molecular weight is 549 g/mol. The highest BCUT2D eigenvalue weighted by atomic mass is 35.5. The minimum absolute atomic E-state index is 0.0307. The van der Waals surface area contributed by atoms with Gasteiger partial charge in [0.05, 0.1) is 10.6 Å². The van der Waals surface area contributed by atoms with Crippen LogP contribution in [0.3, 0.4) is 0 Å². The zero-order chi connectivity index (χ0) is 25.8. The maximum absolute atomic E-state index is 12.8. The molecule has 0 unspecified atom stereocenters. The molecular weight excluding hydrogens is 524 g/mol. The molecule has 1 aliphatic heterocycles. The van der Waals surface area contributed by atoms with Crippen molar-refractivity contribution < 1.29 is 21.6 Å². The van der Waals surface area contributed by atoms with Crippen LogP contribution in [-0.4, -0.2) is 45.1 Å². The van der Waals surface area contributed by atoms with Gasteiger partial charge in [0.15, 0.2) is 0 Å². The monoisotopic (exact) mass is 548 g/mol. The molecule has 9 nitrogen and oxygen atoms in total. The lowest BCUT2D eigenvalue weighted by Gasteiger charge is -2.30. The summed E-state index contributed by atoms with van der Waals surface area (Å²) in [7, 11) is -7.38. The molecule has 2 N–H and O–H groups in total. The number of pyridine rings is 1. The molecule has 0 aliphatic carbocycles. The first-order chi connectivity index (χ1) is 17.1. The molecule has 1 fully saturated rings. The van der Waals surface area contributed by atoms with Crippen molar-refractivity contribution in [2.45, 2.75) is 23.5 Å². The van der Waals surface area contributed by atoms with Crippen molar-refractivity contribution in [3.05, 3.63) is 83.5 Å². The first-order valence-electron chi connectivity index (χ1n) is 11.2. The first-order valence-corrected chi connectivity index (χ1v) is 14.7. The van der Waals surface area contributed by atoms with E-state index in [9.17, 15) is 21.6 Å². The third-order valence-corrected chi connectivity index (χ3v) is 9.42. The normalized spacial score (nSPS) is 15.4. The standard InChI is InChI=1S/C24H25ClN4O5S2/c25-22-6-2-1-5-19(22)17-35(31,32)29-15-12-18(13-16-29)24(30)27-20-8-10-21(11-9-20)36(33,34)28-23-7-3-4-14-26-23/h1-11,14,18H,12-13,15-17H2,(H,26,28)(H,27,30). The number of nitrogens with one attached hydrogen (secondary N) is 2. The van der Waals surface area contributed by atoms with Gasteiger partial charge in [-0.25, -0.2) is 26.1 Å². The Kier molecular flexibility index (Phi) is 7.94. The van der Waals surface area contributed by atoms with E-state index in [-0.39, 0.29) is 41.4 Å². The number of carbonyl (C=O) groups is 1. The molecule has 2 aromatic carbocycles. The molecule has 4 rings (SSSR count). The van der Waals surface area contributed by atoms with Crippen LogP contribution in [0.1, 0.15) is 18.4 Å². The average Bonchev–Trinajstić information content (AvgIpc) is 2.86. The van der Waals surface area contributed by atoms with Gasteiger partial charge in [0.1, 0.15) is 5.82 Å². The smallest absolute Gasteiger partial charge is 0.263 e. The van der Waals surface area contributed by atoms with Gasteiger partial charge in [-0.1, -0.05) is 35.9 Å². The highest BCUT2D eigenvalue weighted by Crippen LogP contribution is 2.25. The summed E-state index contributed by atoms with van der Waals surface area (Å²) in [6.45, 7) is 0.475. The minimum Gasteiger partial charge on any atom is -0.326 e. The van der Waals surface area contributed by atoms with Crippen LogP contribution < -0.4 is 10.0 Å². The number of benzene rings is 2. The number of aromatic nitrogens is 1. The van der Waals surface area contributed by atoms with E-state index in [2.05, 4.69) is 15.0 Å². The van der Waals surface area contributed by atoms with Crippen LogP contribution in [0.15, 0.2) is 77.8 Å². The summed E-state index contributed by atoms with van der Waals surface area (Å²) in [5.41, 5.74) is 0.991. The van der Waals surface area contributed by atoms with Crippen molar-refractivity contribution in [3.8, 4) is 0 Å². The Morgan fingerprint density at radius 2 is 1.61 bits per heavy atom. The zero-order valence-corrected chi connectivity index (χ0v) is 21.6. The van der Waals surface area contributed by atoms with Crippen LogP contribution in [0.5, 0.6) is 0 Å². The fraction of sp³-hybridized carbons (Fsp3) is 0.250. The molecule has 1 saturated heterocycles. The van der Waals surface area contributed by atoms with E-state index < -0.39 is 20.0 Å². The number of halogens is 1. The Balaban J connectivity index is 1.31. The maximum Gasteiger partial charge on any atom is 0.263 e. The Bertz CT molecular complexity index is 1420. The number of hydrogen-bond acceptors (Lipinski definition) is 6. The summed E-state index contributed by atoms with van der Waals surface area (Å²) in [4.78, 5) is 16.7. The van der Waals surface area contributed by atoms with Gasteiger partial charge in [0.2, 0.25) is 15.9 Å². The van der Waals surface area contributed by atoms with Crippen molar-refractivity contribution >= 4 is 49.1 Å². The molecule has 190 valence electrons. The van der Waals surface area contributed by atoms with E-state index in [1.54, 1.807) is 42.5 Å². The van der Waals surface area contributed by atoms with Crippen LogP contribution in [0, 0.1) is 5.92 Å². The summed E-state index contributed by atoms with van der Waals surface area (Å²) in [6.07, 6.45) is 2.25. The quantitative estimate of drug-likeness (QED) is 0.442. The molecule has 0 radical (unpaired) electrons. The predicted octanol–water partition coefficient (Wildman–Crippen LogP) is 3.72. The predicted molar refractivity (Wildman–Crippen MR) is 138 cm³/mol. The highest BCUT2D eigenvalue weighted by molar-refractivity contribution is 7.92. The second kappa shape index (κ2) is 11.0. The number of nitrogens with zero attached hydrogens (tertiary/aromatic N) is 2. The molecule has 36 heavy (non-hydrogen) atoms. The first kappa shape index (κ1) is 26.1. The fourth-order valence-corrected chi connectivity index (χ4v) is 6.77. The van der Waals surface area contributed by atoms with Crippen molar-refractivity contribution in [1.82, 2.24) is 9.29 Å². The Morgan fingerprint density at radius 1 is 0.944 bits per heavy atom. The number of carbonyl (C=O) groups excluding carboxylic acids is 1. The van der Waals surface area contributed by atoms with Crippen LogP contribution in [0.2, 0.25) is 5.02 Å². The Morgan fingerprint density at radius 3 is 2.25 bits per heavy atom. The molecule has 1 aliphatic rings. The van der Waals surface area contributed by atoms with Gasteiger partial charge in [-0.2, -0.15) is 0 Å². The molecule has 0 bridgehead atoms. The number of rotatable bonds is 8. The lowest BCUT2D eigenvalue weighted by atomic mass is 9.97. The third-order valence-electron chi connectivity index (χ3n) is 5.85. The lowest BCUT2D eigenvalue weighted by molar-refractivity contribution is -0.120. The van der Waals surface area contributed by atoms with Crippen LogP contribution >= 0.6 is 11.6 Å². The van der Waals surface area contributed by atoms with E-state index in [1.807, 2.05) is 0 Å². The molecule has 0 atom stereocenters. The second-order valence-electron chi connectivity index (χ2n) is 8.36. The van der Waals surface area contributed by atoms with Crippen molar-refractivity contribution in [1.29, 1.82) is 0 Å². The van der Waals surface area contributed by atoms with Crippen molar-refractivity contribution in [3.63, 3.8) is 0 Å². The summed E-state index contributed by atoms with van der Waals surface area (Å²) in [5, 5.41) is 3.19. The maximum atomic E-state index is 12.8. The molecule has 2 heterocycles. The number of piperidine rings is 1. The number of hydrogen-bond donors (Lipinski definition) is 2. The molecule has 3 aromatic rings. The molecule has 0 spiro atoms. The Hall–Kier alpha value is -2.99. The van der Waals surface area contributed by atoms with Gasteiger partial charge in [-0.05, 0) is 60.9 Å². The number of amides is 1. The van der Waals surface area contributed by atoms with Crippen molar-refractivity contribution in [2.75, 3.05) is 23.1 Å². The van der Waals surface area contributed by atoms with E-state index in [4.69, 9.17) is 11.6 Å². The van der Waals surface area contributed by atoms with Gasteiger partial charge in [0.25, 0.3) is 10.0 Å². The minimum atomic E-state index is -3.82. The highest BCUT2D eigenvalue weighted by Gasteiger charge is 2.31. The second-order valence-corrected chi connectivity index (χ2v) is 12.4. The summed E-state index contributed by atoms with van der Waals surface area (Å²) >= 11 is 6.11. The zero-order valence-electron chi connectivity index (χ0n) is 19.2. The topological polar surface area (TPSA) is 126 Å². The number of sulfonamides is 2. The summed E-state index contributed by atoms with van der Waals surface area (Å²) in [5.74, 6) is -0.574. The van der Waals surface area contributed by atoms with E-state index in [0.29, 0.717) is 29.1 Å². The van der Waals surface area contributed by atoms with Gasteiger partial charge in [0, 0.05) is 35.9 Å². The Labute approximate surface area is 215 Å². The number of anilines is 2. The van der Waals surface area contributed by atoms with Gasteiger partial charge < -0.3 is 5.32 Å². The van der Waals surface area contributed by atoms with Crippen LogP contribution in [0.4, 0.5) is 11.5 Å². The third kappa shape index (κ3) is 6.41. The summed E-state index contributed by atoms with van der Waals surface area (Å²) < 4.78 is 54.5.